The zero-order valence-electron chi connectivity index (χ0n) is 10.8. The number of nitrogens with zero attached hydrogens (tertiary/aromatic N) is 1. The summed E-state index contributed by atoms with van der Waals surface area (Å²) < 4.78 is 5.60. The zero-order valence-corrected chi connectivity index (χ0v) is 10.8. The van der Waals surface area contributed by atoms with Gasteiger partial charge in [0.25, 0.3) is 0 Å². The molecule has 1 aliphatic heterocycles. The molecule has 1 aromatic heterocycles. The molecule has 1 saturated heterocycles. The Morgan fingerprint density at radius 1 is 1.61 bits per heavy atom. The van der Waals surface area contributed by atoms with Gasteiger partial charge in [0.2, 0.25) is 11.8 Å². The predicted octanol–water partition coefficient (Wildman–Crippen LogP) is 0.704. The normalized spacial score (nSPS) is 15.3. The lowest BCUT2D eigenvalue weighted by Gasteiger charge is -2.25. The van der Waals surface area contributed by atoms with Gasteiger partial charge in [-0.15, -0.1) is 0 Å². The van der Waals surface area contributed by atoms with E-state index in [0.29, 0.717) is 12.4 Å². The van der Waals surface area contributed by atoms with E-state index in [1.807, 2.05) is 26.0 Å². The smallest absolute Gasteiger partial charge is 0.225 e. The van der Waals surface area contributed by atoms with Gasteiger partial charge in [-0.3, -0.25) is 4.79 Å². The highest BCUT2D eigenvalue weighted by atomic mass is 16.5. The highest BCUT2D eigenvalue weighted by molar-refractivity contribution is 5.80. The van der Waals surface area contributed by atoms with Crippen molar-refractivity contribution in [1.82, 2.24) is 15.6 Å². The lowest BCUT2D eigenvalue weighted by atomic mass is 10.0. The third-order valence-corrected chi connectivity index (χ3v) is 2.80. The highest BCUT2D eigenvalue weighted by Crippen LogP contribution is 2.15. The number of rotatable bonds is 5. The average Bonchev–Trinajstić information content (AvgIpc) is 2.25. The molecule has 98 valence electrons. The monoisotopic (exact) mass is 249 g/mol. The fraction of sp³-hybridized carbons (Fsp3) is 0.538. The summed E-state index contributed by atoms with van der Waals surface area (Å²) in [5, 5.41) is 6.00. The van der Waals surface area contributed by atoms with Gasteiger partial charge >= 0.3 is 0 Å². The molecule has 0 aromatic carbocycles. The van der Waals surface area contributed by atoms with Crippen LogP contribution in [0.2, 0.25) is 0 Å². The number of hydrogen-bond acceptors (Lipinski definition) is 4. The van der Waals surface area contributed by atoms with Crippen molar-refractivity contribution < 1.29 is 9.53 Å². The number of amides is 1. The molecule has 2 heterocycles. The van der Waals surface area contributed by atoms with Crippen molar-refractivity contribution in [2.24, 2.45) is 5.92 Å². The van der Waals surface area contributed by atoms with Crippen LogP contribution in [-0.4, -0.2) is 30.1 Å². The van der Waals surface area contributed by atoms with Gasteiger partial charge in [-0.2, -0.15) is 0 Å². The molecule has 0 atom stereocenters. The first-order chi connectivity index (χ1) is 8.66. The van der Waals surface area contributed by atoms with Crippen molar-refractivity contribution in [2.75, 3.05) is 13.1 Å². The Morgan fingerprint density at radius 2 is 2.39 bits per heavy atom. The number of ether oxygens (including phenoxy) is 1. The minimum absolute atomic E-state index is 0.0742. The number of carbonyl (C=O) groups is 1. The van der Waals surface area contributed by atoms with E-state index in [0.717, 1.165) is 18.7 Å². The van der Waals surface area contributed by atoms with Crippen LogP contribution in [0.3, 0.4) is 0 Å². The third kappa shape index (κ3) is 3.20. The third-order valence-electron chi connectivity index (χ3n) is 2.80. The quantitative estimate of drug-likeness (QED) is 0.806. The van der Waals surface area contributed by atoms with Crippen LogP contribution in [0.1, 0.15) is 19.4 Å². The molecular formula is C13H19N3O2. The molecule has 0 aliphatic carbocycles. The topological polar surface area (TPSA) is 63.2 Å². The van der Waals surface area contributed by atoms with E-state index in [9.17, 15) is 4.79 Å². The molecule has 5 nitrogen and oxygen atoms in total. The molecule has 0 bridgehead atoms. The van der Waals surface area contributed by atoms with E-state index in [1.165, 1.54) is 0 Å². The largest absolute Gasteiger partial charge is 0.475 e. The summed E-state index contributed by atoms with van der Waals surface area (Å²) in [5.41, 5.74) is 0.909. The van der Waals surface area contributed by atoms with Gasteiger partial charge in [-0.25, -0.2) is 4.98 Å². The van der Waals surface area contributed by atoms with Crippen molar-refractivity contribution >= 4 is 5.91 Å². The van der Waals surface area contributed by atoms with Crippen LogP contribution in [-0.2, 0) is 11.3 Å². The van der Waals surface area contributed by atoms with Gasteiger partial charge in [-0.1, -0.05) is 6.07 Å². The lowest BCUT2D eigenvalue weighted by Crippen LogP contribution is -2.50. The van der Waals surface area contributed by atoms with Crippen LogP contribution in [0.5, 0.6) is 5.88 Å². The summed E-state index contributed by atoms with van der Waals surface area (Å²) in [4.78, 5) is 15.9. The second kappa shape index (κ2) is 5.82. The van der Waals surface area contributed by atoms with Crippen LogP contribution >= 0.6 is 0 Å². The van der Waals surface area contributed by atoms with Gasteiger partial charge in [0.15, 0.2) is 0 Å². The van der Waals surface area contributed by atoms with E-state index in [1.54, 1.807) is 6.20 Å². The average molecular weight is 249 g/mol. The molecule has 0 radical (unpaired) electrons. The fourth-order valence-electron chi connectivity index (χ4n) is 1.69. The van der Waals surface area contributed by atoms with E-state index >= 15 is 0 Å². The number of aromatic nitrogens is 1. The van der Waals surface area contributed by atoms with Crippen LogP contribution in [0, 0.1) is 5.92 Å². The zero-order chi connectivity index (χ0) is 13.0. The molecule has 1 aromatic rings. The molecule has 0 spiro atoms. The number of pyridine rings is 1. The highest BCUT2D eigenvalue weighted by Gasteiger charge is 2.24. The van der Waals surface area contributed by atoms with E-state index in [2.05, 4.69) is 15.6 Å². The van der Waals surface area contributed by atoms with Crippen molar-refractivity contribution in [2.45, 2.75) is 26.5 Å². The molecule has 1 aliphatic rings. The van der Waals surface area contributed by atoms with E-state index in [4.69, 9.17) is 4.74 Å². The van der Waals surface area contributed by atoms with Crippen LogP contribution in [0.15, 0.2) is 18.3 Å². The Morgan fingerprint density at radius 3 is 3.00 bits per heavy atom. The second-order valence-electron chi connectivity index (χ2n) is 4.71. The SMILES string of the molecule is CC(C)Oc1ncccc1CNC(=O)C1CNC1. The predicted molar refractivity (Wildman–Crippen MR) is 68.2 cm³/mol. The molecule has 0 unspecified atom stereocenters. The molecule has 5 heteroatoms. The molecular weight excluding hydrogens is 230 g/mol. The summed E-state index contributed by atoms with van der Waals surface area (Å²) >= 11 is 0. The summed E-state index contributed by atoms with van der Waals surface area (Å²) in [7, 11) is 0. The van der Waals surface area contributed by atoms with Crippen LogP contribution < -0.4 is 15.4 Å². The number of hydrogen-bond donors (Lipinski definition) is 2. The first-order valence-corrected chi connectivity index (χ1v) is 6.26. The Hall–Kier alpha value is -1.62. The summed E-state index contributed by atoms with van der Waals surface area (Å²) in [6.45, 7) is 5.92. The van der Waals surface area contributed by atoms with Gasteiger partial charge in [0.1, 0.15) is 0 Å². The minimum Gasteiger partial charge on any atom is -0.475 e. The molecule has 2 N–H and O–H groups in total. The van der Waals surface area contributed by atoms with Crippen molar-refractivity contribution in [3.8, 4) is 5.88 Å². The maximum Gasteiger partial charge on any atom is 0.225 e. The van der Waals surface area contributed by atoms with Crippen molar-refractivity contribution in [1.29, 1.82) is 0 Å². The second-order valence-corrected chi connectivity index (χ2v) is 4.71. The maximum atomic E-state index is 11.7. The molecule has 0 saturated carbocycles. The van der Waals surface area contributed by atoms with E-state index < -0.39 is 0 Å². The van der Waals surface area contributed by atoms with Crippen molar-refractivity contribution in [3.05, 3.63) is 23.9 Å². The van der Waals surface area contributed by atoms with Gasteiger partial charge in [-0.05, 0) is 19.9 Å². The summed E-state index contributed by atoms with van der Waals surface area (Å²) in [6, 6.07) is 3.77. The van der Waals surface area contributed by atoms with Crippen LogP contribution in [0.4, 0.5) is 0 Å². The van der Waals surface area contributed by atoms with Crippen molar-refractivity contribution in [3.63, 3.8) is 0 Å². The minimum atomic E-state index is 0.0742. The van der Waals surface area contributed by atoms with Gasteiger partial charge in [0.05, 0.1) is 12.0 Å². The Labute approximate surface area is 107 Å². The summed E-state index contributed by atoms with van der Waals surface area (Å²) in [6.07, 6.45) is 1.77. The Balaban J connectivity index is 1.93. The first kappa shape index (κ1) is 12.8. The van der Waals surface area contributed by atoms with E-state index in [-0.39, 0.29) is 17.9 Å². The molecule has 2 rings (SSSR count). The number of carbonyl (C=O) groups excluding carboxylic acids is 1. The maximum absolute atomic E-state index is 11.7. The standard InChI is InChI=1S/C13H19N3O2/c1-9(2)18-13-10(4-3-5-15-13)8-16-12(17)11-6-14-7-11/h3-5,9,11,14H,6-8H2,1-2H3,(H,16,17). The molecule has 1 fully saturated rings. The first-order valence-electron chi connectivity index (χ1n) is 6.26. The van der Waals surface area contributed by atoms with Gasteiger partial charge in [0, 0.05) is 31.4 Å². The fourth-order valence-corrected chi connectivity index (χ4v) is 1.69. The van der Waals surface area contributed by atoms with Crippen LogP contribution in [0.25, 0.3) is 0 Å². The Bertz CT molecular complexity index is 416. The van der Waals surface area contributed by atoms with Gasteiger partial charge < -0.3 is 15.4 Å². The molecule has 18 heavy (non-hydrogen) atoms. The lowest BCUT2D eigenvalue weighted by molar-refractivity contribution is -0.126. The number of nitrogens with one attached hydrogen (secondary N) is 2. The summed E-state index contributed by atoms with van der Waals surface area (Å²) in [5.74, 6) is 0.795. The Kier molecular flexibility index (Phi) is 4.15. The molecule has 1 amide bonds.